The van der Waals surface area contributed by atoms with E-state index in [0.29, 0.717) is 6.61 Å². The van der Waals surface area contributed by atoms with Crippen LogP contribution in [0.5, 0.6) is 5.75 Å². The van der Waals surface area contributed by atoms with Gasteiger partial charge in [0.2, 0.25) is 0 Å². The smallest absolute Gasteiger partial charge is 0.120 e. The van der Waals surface area contributed by atoms with Gasteiger partial charge in [-0.1, -0.05) is 11.6 Å². The van der Waals surface area contributed by atoms with E-state index in [4.69, 9.17) is 21.1 Å². The number of hydrogen-bond donors (Lipinski definition) is 1. The van der Waals surface area contributed by atoms with E-state index in [1.807, 2.05) is 26.0 Å². The van der Waals surface area contributed by atoms with Crippen LogP contribution in [-0.4, -0.2) is 32.4 Å². The fourth-order valence-corrected chi connectivity index (χ4v) is 2.01. The molecule has 3 nitrogen and oxygen atoms in total. The molecule has 1 aliphatic rings. The Morgan fingerprint density at radius 2 is 2.12 bits per heavy atom. The van der Waals surface area contributed by atoms with Crippen molar-refractivity contribution >= 4 is 11.6 Å². The molecule has 17 heavy (non-hydrogen) atoms. The number of halogens is 1. The van der Waals surface area contributed by atoms with Gasteiger partial charge >= 0.3 is 0 Å². The molecule has 1 saturated heterocycles. The number of morpholine rings is 1. The van der Waals surface area contributed by atoms with E-state index in [9.17, 15) is 0 Å². The zero-order valence-electron chi connectivity index (χ0n) is 10.3. The minimum Gasteiger partial charge on any atom is -0.491 e. The molecule has 1 unspecified atom stereocenters. The second-order valence-corrected chi connectivity index (χ2v) is 4.76. The van der Waals surface area contributed by atoms with Crippen LogP contribution in [0.1, 0.15) is 11.1 Å². The van der Waals surface area contributed by atoms with E-state index >= 15 is 0 Å². The van der Waals surface area contributed by atoms with Crippen molar-refractivity contribution in [1.29, 1.82) is 0 Å². The van der Waals surface area contributed by atoms with Crippen molar-refractivity contribution in [2.45, 2.75) is 20.0 Å². The highest BCUT2D eigenvalue weighted by atomic mass is 35.5. The summed E-state index contributed by atoms with van der Waals surface area (Å²) in [6.45, 7) is 7.09. The van der Waals surface area contributed by atoms with Gasteiger partial charge in [-0.25, -0.2) is 0 Å². The Labute approximate surface area is 107 Å². The Morgan fingerprint density at radius 1 is 1.41 bits per heavy atom. The third kappa shape index (κ3) is 3.35. The molecule has 4 heteroatoms. The number of nitrogens with one attached hydrogen (secondary N) is 1. The molecule has 2 rings (SSSR count). The lowest BCUT2D eigenvalue weighted by molar-refractivity contribution is 0.000175. The predicted octanol–water partition coefficient (Wildman–Crippen LogP) is 2.32. The largest absolute Gasteiger partial charge is 0.491 e. The minimum absolute atomic E-state index is 0.139. The summed E-state index contributed by atoms with van der Waals surface area (Å²) in [5, 5.41) is 4.09. The fourth-order valence-electron chi connectivity index (χ4n) is 1.91. The van der Waals surface area contributed by atoms with E-state index in [1.165, 1.54) is 0 Å². The first-order valence-electron chi connectivity index (χ1n) is 5.88. The summed E-state index contributed by atoms with van der Waals surface area (Å²) in [6.07, 6.45) is 0.139. The molecule has 0 aromatic heterocycles. The maximum atomic E-state index is 6.11. The average Bonchev–Trinajstić information content (AvgIpc) is 2.34. The highest BCUT2D eigenvalue weighted by Crippen LogP contribution is 2.25. The Morgan fingerprint density at radius 3 is 2.71 bits per heavy atom. The molecule has 1 heterocycles. The normalized spacial score (nSPS) is 20.3. The maximum absolute atomic E-state index is 6.11. The van der Waals surface area contributed by atoms with Gasteiger partial charge in [-0.2, -0.15) is 0 Å². The van der Waals surface area contributed by atoms with Crippen molar-refractivity contribution in [1.82, 2.24) is 5.32 Å². The third-order valence-corrected chi connectivity index (χ3v) is 3.45. The monoisotopic (exact) mass is 255 g/mol. The molecule has 1 fully saturated rings. The zero-order chi connectivity index (χ0) is 12.3. The standard InChI is InChI=1S/C13H18ClNO2/c1-9-5-11(6-10(2)13(9)14)17-8-12-7-15-3-4-16-12/h5-6,12,15H,3-4,7-8H2,1-2H3. The molecule has 0 amide bonds. The Kier molecular flexibility index (Phi) is 4.26. The van der Waals surface area contributed by atoms with E-state index < -0.39 is 0 Å². The van der Waals surface area contributed by atoms with E-state index in [-0.39, 0.29) is 6.10 Å². The van der Waals surface area contributed by atoms with Crippen molar-refractivity contribution in [2.75, 3.05) is 26.3 Å². The molecule has 0 aliphatic carbocycles. The molecule has 0 spiro atoms. The number of ether oxygens (including phenoxy) is 2. The van der Waals surface area contributed by atoms with Gasteiger partial charge in [0, 0.05) is 18.1 Å². The lowest BCUT2D eigenvalue weighted by Crippen LogP contribution is -2.41. The van der Waals surface area contributed by atoms with Crippen molar-refractivity contribution in [3.05, 3.63) is 28.3 Å². The molecule has 0 radical (unpaired) electrons. The van der Waals surface area contributed by atoms with Crippen LogP contribution < -0.4 is 10.1 Å². The van der Waals surface area contributed by atoms with Crippen LogP contribution in [0.3, 0.4) is 0 Å². The topological polar surface area (TPSA) is 30.5 Å². The second kappa shape index (κ2) is 5.71. The highest BCUT2D eigenvalue weighted by Gasteiger charge is 2.14. The van der Waals surface area contributed by atoms with Gasteiger partial charge in [-0.3, -0.25) is 0 Å². The highest BCUT2D eigenvalue weighted by molar-refractivity contribution is 6.32. The van der Waals surface area contributed by atoms with Gasteiger partial charge in [0.25, 0.3) is 0 Å². The first kappa shape index (κ1) is 12.7. The summed E-state index contributed by atoms with van der Waals surface area (Å²) in [4.78, 5) is 0. The third-order valence-electron chi connectivity index (χ3n) is 2.85. The summed E-state index contributed by atoms with van der Waals surface area (Å²) in [5.74, 6) is 0.860. The van der Waals surface area contributed by atoms with Crippen LogP contribution in [0.15, 0.2) is 12.1 Å². The number of rotatable bonds is 3. The molecule has 1 aliphatic heterocycles. The number of benzene rings is 1. The van der Waals surface area contributed by atoms with Crippen LogP contribution in [0.25, 0.3) is 0 Å². The molecule has 94 valence electrons. The summed E-state index contributed by atoms with van der Waals surface area (Å²) in [5.41, 5.74) is 2.09. The van der Waals surface area contributed by atoms with Gasteiger partial charge in [0.15, 0.2) is 0 Å². The van der Waals surface area contributed by atoms with Crippen molar-refractivity contribution < 1.29 is 9.47 Å². The molecule has 0 saturated carbocycles. The van der Waals surface area contributed by atoms with Crippen molar-refractivity contribution in [2.24, 2.45) is 0 Å². The van der Waals surface area contributed by atoms with Crippen molar-refractivity contribution in [3.8, 4) is 5.75 Å². The van der Waals surface area contributed by atoms with Gasteiger partial charge < -0.3 is 14.8 Å². The van der Waals surface area contributed by atoms with E-state index in [0.717, 1.165) is 41.6 Å². The van der Waals surface area contributed by atoms with Crippen LogP contribution >= 0.6 is 11.6 Å². The Hall–Kier alpha value is -0.770. The minimum atomic E-state index is 0.139. The summed E-state index contributed by atoms with van der Waals surface area (Å²) in [6, 6.07) is 3.93. The van der Waals surface area contributed by atoms with Gasteiger partial charge in [0.1, 0.15) is 18.5 Å². The quantitative estimate of drug-likeness (QED) is 0.899. The first-order valence-corrected chi connectivity index (χ1v) is 6.26. The summed E-state index contributed by atoms with van der Waals surface area (Å²) >= 11 is 6.11. The average molecular weight is 256 g/mol. The first-order chi connectivity index (χ1) is 8.16. The molecular formula is C13H18ClNO2. The molecule has 0 bridgehead atoms. The van der Waals surface area contributed by atoms with E-state index in [1.54, 1.807) is 0 Å². The van der Waals surface area contributed by atoms with Gasteiger partial charge in [0.05, 0.1) is 6.61 Å². The summed E-state index contributed by atoms with van der Waals surface area (Å²) < 4.78 is 11.3. The van der Waals surface area contributed by atoms with Crippen LogP contribution in [0.4, 0.5) is 0 Å². The molecule has 1 N–H and O–H groups in total. The van der Waals surface area contributed by atoms with E-state index in [2.05, 4.69) is 5.32 Å². The Bertz CT molecular complexity index is 366. The lowest BCUT2D eigenvalue weighted by Gasteiger charge is -2.23. The molecule has 1 aromatic carbocycles. The predicted molar refractivity (Wildman–Crippen MR) is 69.0 cm³/mol. The number of hydrogen-bond acceptors (Lipinski definition) is 3. The van der Waals surface area contributed by atoms with Crippen molar-refractivity contribution in [3.63, 3.8) is 0 Å². The summed E-state index contributed by atoms with van der Waals surface area (Å²) in [7, 11) is 0. The zero-order valence-corrected chi connectivity index (χ0v) is 11.0. The Balaban J connectivity index is 1.94. The van der Waals surface area contributed by atoms with Crippen LogP contribution in [-0.2, 0) is 4.74 Å². The molecule has 1 atom stereocenters. The molecular weight excluding hydrogens is 238 g/mol. The van der Waals surface area contributed by atoms with Gasteiger partial charge in [-0.05, 0) is 37.1 Å². The molecule has 1 aromatic rings. The van der Waals surface area contributed by atoms with Crippen LogP contribution in [0.2, 0.25) is 5.02 Å². The van der Waals surface area contributed by atoms with Crippen LogP contribution in [0, 0.1) is 13.8 Å². The SMILES string of the molecule is Cc1cc(OCC2CNCCO2)cc(C)c1Cl. The maximum Gasteiger partial charge on any atom is 0.120 e. The second-order valence-electron chi connectivity index (χ2n) is 4.38. The number of aryl methyl sites for hydroxylation is 2. The lowest BCUT2D eigenvalue weighted by atomic mass is 10.1. The fraction of sp³-hybridized carbons (Fsp3) is 0.538. The van der Waals surface area contributed by atoms with Gasteiger partial charge in [-0.15, -0.1) is 0 Å².